The molecule has 1 heterocycles. The Morgan fingerprint density at radius 1 is 1.36 bits per heavy atom. The summed E-state index contributed by atoms with van der Waals surface area (Å²) < 4.78 is 10.8. The maximum Gasteiger partial charge on any atom is 0.0979 e. The molecule has 1 aliphatic carbocycles. The number of ether oxygens (including phenoxy) is 2. The summed E-state index contributed by atoms with van der Waals surface area (Å²) in [4.78, 5) is 0. The normalized spacial score (nSPS) is 40.9. The Hall–Kier alpha value is -0.120. The summed E-state index contributed by atoms with van der Waals surface area (Å²) in [6, 6.07) is 1.04. The minimum absolute atomic E-state index is 0.242. The third-order valence-electron chi connectivity index (χ3n) is 3.77. The Morgan fingerprint density at radius 3 is 2.64 bits per heavy atom. The van der Waals surface area contributed by atoms with Gasteiger partial charge in [-0.05, 0) is 18.3 Å². The number of nitrogens with one attached hydrogen (secondary N) is 1. The van der Waals surface area contributed by atoms with Crippen LogP contribution >= 0.6 is 0 Å². The van der Waals surface area contributed by atoms with Gasteiger partial charge in [0.2, 0.25) is 0 Å². The molecule has 1 N–H and O–H groups in total. The molecule has 3 heteroatoms. The Labute approximate surface area is 86.2 Å². The highest BCUT2D eigenvalue weighted by Crippen LogP contribution is 2.40. The molecule has 3 atom stereocenters. The lowest BCUT2D eigenvalue weighted by atomic mass is 9.67. The van der Waals surface area contributed by atoms with E-state index < -0.39 is 0 Å². The van der Waals surface area contributed by atoms with E-state index in [0.29, 0.717) is 17.5 Å². The third kappa shape index (κ3) is 1.81. The maximum atomic E-state index is 5.41. The van der Waals surface area contributed by atoms with Crippen LogP contribution in [0.2, 0.25) is 0 Å². The second kappa shape index (κ2) is 3.80. The van der Waals surface area contributed by atoms with Crippen LogP contribution in [0.15, 0.2) is 0 Å². The largest absolute Gasteiger partial charge is 0.377 e. The van der Waals surface area contributed by atoms with Crippen molar-refractivity contribution >= 4 is 0 Å². The van der Waals surface area contributed by atoms with Crippen molar-refractivity contribution in [3.63, 3.8) is 0 Å². The predicted molar refractivity (Wildman–Crippen MR) is 55.3 cm³/mol. The molecule has 0 amide bonds. The van der Waals surface area contributed by atoms with Gasteiger partial charge in [-0.1, -0.05) is 13.8 Å². The summed E-state index contributed by atoms with van der Waals surface area (Å²) in [5, 5.41) is 3.66. The lowest BCUT2D eigenvalue weighted by Crippen LogP contribution is -2.56. The molecule has 82 valence electrons. The van der Waals surface area contributed by atoms with Crippen molar-refractivity contribution < 1.29 is 9.47 Å². The lowest BCUT2D eigenvalue weighted by molar-refractivity contribution is 0.0491. The molecular weight excluding hydrogens is 178 g/mol. The van der Waals surface area contributed by atoms with Crippen LogP contribution in [0.25, 0.3) is 0 Å². The van der Waals surface area contributed by atoms with Gasteiger partial charge in [0.15, 0.2) is 0 Å². The highest BCUT2D eigenvalue weighted by molar-refractivity contribution is 4.97. The van der Waals surface area contributed by atoms with Gasteiger partial charge in [-0.15, -0.1) is 0 Å². The van der Waals surface area contributed by atoms with Gasteiger partial charge in [-0.2, -0.15) is 0 Å². The molecule has 14 heavy (non-hydrogen) atoms. The molecule has 3 nitrogen and oxygen atoms in total. The first-order chi connectivity index (χ1) is 6.63. The summed E-state index contributed by atoms with van der Waals surface area (Å²) >= 11 is 0. The zero-order valence-corrected chi connectivity index (χ0v) is 9.38. The highest BCUT2D eigenvalue weighted by atomic mass is 16.5. The van der Waals surface area contributed by atoms with E-state index in [-0.39, 0.29) is 6.10 Å². The maximum absolute atomic E-state index is 5.41. The Balaban J connectivity index is 1.85. The van der Waals surface area contributed by atoms with E-state index in [0.717, 1.165) is 13.2 Å². The first kappa shape index (κ1) is 10.4. The van der Waals surface area contributed by atoms with E-state index in [4.69, 9.17) is 9.47 Å². The molecule has 1 aliphatic heterocycles. The van der Waals surface area contributed by atoms with Crippen LogP contribution in [-0.2, 0) is 9.47 Å². The highest BCUT2D eigenvalue weighted by Gasteiger charge is 2.41. The molecule has 1 saturated carbocycles. The Bertz CT molecular complexity index is 205. The minimum Gasteiger partial charge on any atom is -0.377 e. The molecule has 0 aromatic carbocycles. The summed E-state index contributed by atoms with van der Waals surface area (Å²) in [6.07, 6.45) is 2.86. The number of methoxy groups -OCH3 is 1. The summed E-state index contributed by atoms with van der Waals surface area (Å²) in [5.74, 6) is 0. The van der Waals surface area contributed by atoms with Gasteiger partial charge in [0.05, 0.1) is 25.4 Å². The van der Waals surface area contributed by atoms with E-state index in [2.05, 4.69) is 19.2 Å². The van der Waals surface area contributed by atoms with Crippen molar-refractivity contribution in [2.75, 3.05) is 20.3 Å². The van der Waals surface area contributed by atoms with Crippen molar-refractivity contribution in [3.05, 3.63) is 0 Å². The van der Waals surface area contributed by atoms with E-state index in [1.54, 1.807) is 7.11 Å². The number of rotatable bonds is 3. The van der Waals surface area contributed by atoms with Gasteiger partial charge in [0, 0.05) is 13.2 Å². The summed E-state index contributed by atoms with van der Waals surface area (Å²) in [6.45, 7) is 6.18. The second-order valence-electron chi connectivity index (χ2n) is 5.16. The van der Waals surface area contributed by atoms with E-state index >= 15 is 0 Å². The van der Waals surface area contributed by atoms with E-state index in [1.165, 1.54) is 12.8 Å². The molecule has 2 aliphatic rings. The fourth-order valence-electron chi connectivity index (χ4n) is 2.36. The zero-order chi connectivity index (χ0) is 10.2. The van der Waals surface area contributed by atoms with Gasteiger partial charge in [0.25, 0.3) is 0 Å². The average Bonchev–Trinajstić information content (AvgIpc) is 2.59. The molecule has 2 fully saturated rings. The smallest absolute Gasteiger partial charge is 0.0979 e. The summed E-state index contributed by atoms with van der Waals surface area (Å²) in [5.41, 5.74) is 0.459. The topological polar surface area (TPSA) is 30.5 Å². The van der Waals surface area contributed by atoms with Gasteiger partial charge >= 0.3 is 0 Å². The van der Waals surface area contributed by atoms with Crippen molar-refractivity contribution in [1.82, 2.24) is 5.32 Å². The average molecular weight is 199 g/mol. The number of hydrogen-bond donors (Lipinski definition) is 1. The standard InChI is InChI=1S/C11H21NO2/c1-11(2)5-4-10(11)12-8-6-14-7-9(8)13-3/h8-10,12H,4-7H2,1-3H3/t8-,9-,10?/m0/s1. The van der Waals surface area contributed by atoms with Crippen LogP contribution in [0, 0.1) is 5.41 Å². The predicted octanol–water partition coefficient (Wildman–Crippen LogP) is 1.18. The van der Waals surface area contributed by atoms with E-state index in [1.807, 2.05) is 0 Å². The number of hydrogen-bond acceptors (Lipinski definition) is 3. The van der Waals surface area contributed by atoms with Gasteiger partial charge < -0.3 is 14.8 Å². The summed E-state index contributed by atoms with van der Waals surface area (Å²) in [7, 11) is 1.76. The second-order valence-corrected chi connectivity index (χ2v) is 5.16. The Morgan fingerprint density at radius 2 is 2.14 bits per heavy atom. The van der Waals surface area contributed by atoms with Crippen LogP contribution in [0.1, 0.15) is 26.7 Å². The monoisotopic (exact) mass is 199 g/mol. The van der Waals surface area contributed by atoms with Crippen LogP contribution in [0.3, 0.4) is 0 Å². The van der Waals surface area contributed by atoms with Gasteiger partial charge in [-0.3, -0.25) is 0 Å². The first-order valence-corrected chi connectivity index (χ1v) is 5.50. The van der Waals surface area contributed by atoms with Crippen LogP contribution < -0.4 is 5.32 Å². The molecule has 1 unspecified atom stereocenters. The quantitative estimate of drug-likeness (QED) is 0.740. The molecule has 0 spiro atoms. The van der Waals surface area contributed by atoms with Gasteiger partial charge in [0.1, 0.15) is 0 Å². The molecule has 0 aromatic heterocycles. The molecular formula is C11H21NO2. The fraction of sp³-hybridized carbons (Fsp3) is 1.00. The van der Waals surface area contributed by atoms with Crippen molar-refractivity contribution in [3.8, 4) is 0 Å². The third-order valence-corrected chi connectivity index (χ3v) is 3.77. The molecule has 0 radical (unpaired) electrons. The van der Waals surface area contributed by atoms with E-state index in [9.17, 15) is 0 Å². The molecule has 0 aromatic rings. The zero-order valence-electron chi connectivity index (χ0n) is 9.38. The van der Waals surface area contributed by atoms with Crippen LogP contribution in [0.4, 0.5) is 0 Å². The SMILES string of the molecule is CO[C@H]1COC[C@@H]1NC1CCC1(C)C. The van der Waals surface area contributed by atoms with Crippen molar-refractivity contribution in [2.24, 2.45) is 5.41 Å². The van der Waals surface area contributed by atoms with Crippen LogP contribution in [-0.4, -0.2) is 38.5 Å². The van der Waals surface area contributed by atoms with Crippen molar-refractivity contribution in [1.29, 1.82) is 0 Å². The fourth-order valence-corrected chi connectivity index (χ4v) is 2.36. The Kier molecular flexibility index (Phi) is 2.82. The molecule has 0 bridgehead atoms. The molecule has 1 saturated heterocycles. The van der Waals surface area contributed by atoms with Crippen molar-refractivity contribution in [2.45, 2.75) is 44.9 Å². The van der Waals surface area contributed by atoms with Crippen LogP contribution in [0.5, 0.6) is 0 Å². The van der Waals surface area contributed by atoms with Gasteiger partial charge in [-0.25, -0.2) is 0 Å². The first-order valence-electron chi connectivity index (χ1n) is 5.50. The minimum atomic E-state index is 0.242. The lowest BCUT2D eigenvalue weighted by Gasteiger charge is -2.46. The molecule has 2 rings (SSSR count).